The molecule has 4 N–H and O–H groups in total. The van der Waals surface area contributed by atoms with E-state index in [0.717, 1.165) is 162 Å². The lowest BCUT2D eigenvalue weighted by Crippen LogP contribution is -2.18. The van der Waals surface area contributed by atoms with E-state index in [4.69, 9.17) is 9.97 Å². The number of pyridine rings is 2. The summed E-state index contributed by atoms with van der Waals surface area (Å²) in [4.78, 5) is 73.6. The molecule has 14 heteroatoms. The zero-order valence-corrected chi connectivity index (χ0v) is 66.9. The van der Waals surface area contributed by atoms with Crippen LogP contribution in [0.3, 0.4) is 0 Å². The van der Waals surface area contributed by atoms with Crippen molar-refractivity contribution in [3.63, 3.8) is 0 Å². The predicted molar refractivity (Wildman–Crippen MR) is 445 cm³/mol. The minimum Gasteiger partial charge on any atom is -0.306 e. The third-order valence-electron chi connectivity index (χ3n) is 19.6. The summed E-state index contributed by atoms with van der Waals surface area (Å²) in [6.07, 6.45) is 55.4. The summed E-state index contributed by atoms with van der Waals surface area (Å²) in [6.45, 7) is 18.1. The molecule has 0 radical (unpaired) electrons. The van der Waals surface area contributed by atoms with E-state index in [1.165, 1.54) is 175 Å². The second kappa shape index (κ2) is 47.9. The number of amides is 4. The minimum absolute atomic E-state index is 0.193. The van der Waals surface area contributed by atoms with Gasteiger partial charge in [-0.15, -0.1) is 45.3 Å². The van der Waals surface area contributed by atoms with Gasteiger partial charge in [-0.25, -0.2) is 9.97 Å². The lowest BCUT2D eigenvalue weighted by Gasteiger charge is -2.11. The quantitative estimate of drug-likeness (QED) is 0.0280. The van der Waals surface area contributed by atoms with Gasteiger partial charge >= 0.3 is 0 Å². The number of thiophene rings is 4. The van der Waals surface area contributed by atoms with E-state index >= 15 is 0 Å². The third kappa shape index (κ3) is 27.3. The van der Waals surface area contributed by atoms with E-state index in [2.05, 4.69) is 112 Å². The van der Waals surface area contributed by atoms with Gasteiger partial charge in [0.15, 0.2) is 0 Å². The Balaban J connectivity index is 1.07. The van der Waals surface area contributed by atoms with Crippen molar-refractivity contribution in [1.29, 1.82) is 0 Å². The minimum atomic E-state index is -0.462. The van der Waals surface area contributed by atoms with Gasteiger partial charge in [-0.2, -0.15) is 0 Å². The molecule has 0 aliphatic rings. The number of carbonyl (C=O) groups is 4. The molecule has 6 aromatic heterocycles. The molecule has 0 spiro atoms. The van der Waals surface area contributed by atoms with E-state index in [-0.39, 0.29) is 34.6 Å². The van der Waals surface area contributed by atoms with Gasteiger partial charge in [-0.05, 0) is 225 Å². The first-order valence-electron chi connectivity index (χ1n) is 40.1. The average molecular weight is 1460 g/mol. The SMILES string of the molecule is CCCCCCc1csc(/C=C/c2sc(C(=O)Nc3cccc(NC(=O)c4cccc(C(=O)Nc5cccc(NC(=O)c6sc(/C=C/c7scc(CCCCCC)c7CCCCCC)c(CCCCCC)c6CCCCCC)n5)c4)n3)c(CCCCCC)c2CCCCCC)c1CCCCCC. The summed E-state index contributed by atoms with van der Waals surface area (Å²) >= 11 is 6.96. The van der Waals surface area contributed by atoms with Gasteiger partial charge in [0.2, 0.25) is 0 Å². The van der Waals surface area contributed by atoms with Crippen LogP contribution in [0.25, 0.3) is 24.3 Å². The Morgan fingerprint density at radius 3 is 0.882 bits per heavy atom. The highest BCUT2D eigenvalue weighted by molar-refractivity contribution is 7.16. The number of carbonyl (C=O) groups excluding carboxylic acids is 4. The number of nitrogens with zero attached hydrogens (tertiary/aromatic N) is 2. The van der Waals surface area contributed by atoms with E-state index in [1.807, 2.05) is 22.7 Å². The van der Waals surface area contributed by atoms with Gasteiger partial charge in [0, 0.05) is 30.6 Å². The Hall–Kier alpha value is -6.32. The fraction of sp³-hybridized carbons (Fsp3) is 0.545. The summed E-state index contributed by atoms with van der Waals surface area (Å²) in [6, 6.07) is 17.0. The van der Waals surface area contributed by atoms with Gasteiger partial charge < -0.3 is 21.3 Å². The molecule has 1 aromatic carbocycles. The Kier molecular flexibility index (Phi) is 39.0. The van der Waals surface area contributed by atoms with Crippen LogP contribution in [0, 0.1) is 0 Å². The van der Waals surface area contributed by atoms with Gasteiger partial charge in [-0.1, -0.05) is 228 Å². The molecule has 7 aromatic rings. The van der Waals surface area contributed by atoms with Crippen LogP contribution < -0.4 is 21.3 Å². The van der Waals surface area contributed by atoms with Crippen LogP contribution in [0.2, 0.25) is 0 Å². The molecule has 0 bridgehead atoms. The van der Waals surface area contributed by atoms with E-state index < -0.39 is 11.8 Å². The number of benzene rings is 1. The largest absolute Gasteiger partial charge is 0.306 e. The second-order valence-corrected chi connectivity index (χ2v) is 32.0. The fourth-order valence-corrected chi connectivity index (χ4v) is 18.2. The molecule has 0 fully saturated rings. The van der Waals surface area contributed by atoms with Crippen molar-refractivity contribution in [2.75, 3.05) is 21.3 Å². The Bertz CT molecular complexity index is 3460. The highest BCUT2D eigenvalue weighted by Gasteiger charge is 2.26. The van der Waals surface area contributed by atoms with E-state index in [9.17, 15) is 19.2 Å². The number of rotatable bonds is 52. The molecule has 102 heavy (non-hydrogen) atoms. The van der Waals surface area contributed by atoms with Crippen LogP contribution in [0.1, 0.15) is 365 Å². The summed E-state index contributed by atoms with van der Waals surface area (Å²) in [5.41, 5.74) is 11.5. The number of nitrogens with one attached hydrogen (secondary N) is 4. The van der Waals surface area contributed by atoms with Crippen LogP contribution in [0.5, 0.6) is 0 Å². The van der Waals surface area contributed by atoms with Gasteiger partial charge in [0.05, 0.1) is 9.75 Å². The normalized spacial score (nSPS) is 11.6. The highest BCUT2D eigenvalue weighted by Crippen LogP contribution is 2.39. The topological polar surface area (TPSA) is 142 Å². The monoisotopic (exact) mass is 1460 g/mol. The smallest absolute Gasteiger partial charge is 0.267 e. The maximum Gasteiger partial charge on any atom is 0.267 e. The molecule has 554 valence electrons. The number of hydrogen-bond acceptors (Lipinski definition) is 10. The van der Waals surface area contributed by atoms with E-state index in [0.29, 0.717) is 11.6 Å². The fourth-order valence-electron chi connectivity index (χ4n) is 13.7. The van der Waals surface area contributed by atoms with Gasteiger partial charge in [-0.3, -0.25) is 19.2 Å². The molecule has 4 amide bonds. The van der Waals surface area contributed by atoms with Crippen LogP contribution in [-0.2, 0) is 51.4 Å². The molecule has 0 aliphatic carbocycles. The van der Waals surface area contributed by atoms with Gasteiger partial charge in [0.1, 0.15) is 23.3 Å². The molecule has 7 rings (SSSR count). The number of unbranched alkanes of at least 4 members (excludes halogenated alkanes) is 24. The number of aromatic nitrogens is 2. The molecule has 0 saturated carbocycles. The first kappa shape index (κ1) is 83.0. The average Bonchev–Trinajstić information content (AvgIpc) is 1.66. The molecular formula is C88H124N6O4S4. The standard InChI is InChI=1S/C88H124N6O4S4/c1-9-17-25-33-44-67-63-99-75(69(67)48-35-27-19-11-3)58-60-77-71(50-37-29-21-13-5)73(52-39-31-23-15-7)83(101-77)87(97)93-81-56-42-54-79(89-81)91-85(95)65-46-41-47-66(62-65)86(96)92-80-55-43-57-82(90-80)94-88(98)84-74(53-40-32-24-16-8)72(51-38-30-22-14-6)78(102-84)61-59-76-70(49-36-28-20-12-4)68(64-100-76)45-34-26-18-10-2/h41-43,46-47,54-64H,9-40,44-45,48-53H2,1-8H3,(H2,89,91,93,95,97)(H2,90,92,94,96,98)/b60-58+,61-59+. The van der Waals surface area contributed by atoms with Crippen molar-refractivity contribution in [3.8, 4) is 0 Å². The number of aryl methyl sites for hydroxylation is 2. The lowest BCUT2D eigenvalue weighted by molar-refractivity contribution is 0.101. The summed E-state index contributed by atoms with van der Waals surface area (Å²) in [5.74, 6) is -0.126. The molecule has 0 aliphatic heterocycles. The second-order valence-electron chi connectivity index (χ2n) is 28.1. The number of hydrogen-bond donors (Lipinski definition) is 4. The summed E-state index contributed by atoms with van der Waals surface area (Å²) in [5, 5.41) is 17.0. The van der Waals surface area contributed by atoms with Crippen molar-refractivity contribution >= 4 is 117 Å². The van der Waals surface area contributed by atoms with Crippen LogP contribution in [0.4, 0.5) is 23.3 Å². The summed E-state index contributed by atoms with van der Waals surface area (Å²) < 4.78 is 0. The van der Waals surface area contributed by atoms with Crippen molar-refractivity contribution < 1.29 is 19.2 Å². The molecular weight excluding hydrogens is 1330 g/mol. The van der Waals surface area contributed by atoms with Crippen molar-refractivity contribution in [3.05, 3.63) is 156 Å². The number of anilines is 4. The molecule has 6 heterocycles. The first-order valence-corrected chi connectivity index (χ1v) is 43.5. The highest BCUT2D eigenvalue weighted by atomic mass is 32.1. The maximum atomic E-state index is 14.8. The maximum absolute atomic E-state index is 14.8. The van der Waals surface area contributed by atoms with Crippen LogP contribution in [0.15, 0.2) is 71.4 Å². The lowest BCUT2D eigenvalue weighted by atomic mass is 9.96. The van der Waals surface area contributed by atoms with Crippen LogP contribution in [-0.4, -0.2) is 33.6 Å². The van der Waals surface area contributed by atoms with Crippen LogP contribution >= 0.6 is 45.3 Å². The Morgan fingerprint density at radius 1 is 0.304 bits per heavy atom. The first-order chi connectivity index (χ1) is 50.0. The molecule has 0 unspecified atom stereocenters. The van der Waals surface area contributed by atoms with Crippen molar-refractivity contribution in [2.45, 2.75) is 312 Å². The molecule has 10 nitrogen and oxygen atoms in total. The Morgan fingerprint density at radius 2 is 0.569 bits per heavy atom. The zero-order chi connectivity index (χ0) is 72.5. The Labute approximate surface area is 631 Å². The van der Waals surface area contributed by atoms with Crippen molar-refractivity contribution in [2.24, 2.45) is 0 Å². The van der Waals surface area contributed by atoms with Crippen molar-refractivity contribution in [1.82, 2.24) is 9.97 Å². The summed E-state index contributed by atoms with van der Waals surface area (Å²) in [7, 11) is 0. The predicted octanol–water partition coefficient (Wildman–Crippen LogP) is 27.1. The third-order valence-corrected chi connectivity index (χ3v) is 24.2. The van der Waals surface area contributed by atoms with E-state index in [1.54, 1.807) is 77.3 Å². The molecule has 0 saturated heterocycles. The zero-order valence-electron chi connectivity index (χ0n) is 63.7. The van der Waals surface area contributed by atoms with Gasteiger partial charge in [0.25, 0.3) is 23.6 Å². The molecule has 0 atom stereocenters.